The summed E-state index contributed by atoms with van der Waals surface area (Å²) in [5, 5.41) is 3.54. The zero-order chi connectivity index (χ0) is 18.0. The van der Waals surface area contributed by atoms with Gasteiger partial charge in [-0.25, -0.2) is 9.59 Å². The Labute approximate surface area is 153 Å². The molecule has 0 saturated carbocycles. The molecule has 2 aliphatic rings. The van der Waals surface area contributed by atoms with Gasteiger partial charge in [0.2, 0.25) is 0 Å². The highest BCUT2D eigenvalue weighted by atomic mass is 35.5. The number of methoxy groups -OCH3 is 1. The number of ether oxygens (including phenoxy) is 1. The van der Waals surface area contributed by atoms with E-state index in [-0.39, 0.29) is 18.0 Å². The molecule has 0 bridgehead atoms. The highest BCUT2D eigenvalue weighted by molar-refractivity contribution is 6.31. The van der Waals surface area contributed by atoms with Crippen LogP contribution in [-0.2, 0) is 16.1 Å². The molecule has 0 radical (unpaired) electrons. The lowest BCUT2D eigenvalue weighted by Crippen LogP contribution is -2.51. The van der Waals surface area contributed by atoms with Crippen molar-refractivity contribution >= 4 is 23.6 Å². The lowest BCUT2D eigenvalue weighted by molar-refractivity contribution is -0.145. The Morgan fingerprint density at radius 1 is 1.36 bits per heavy atom. The van der Waals surface area contributed by atoms with Crippen molar-refractivity contribution in [2.75, 3.05) is 26.7 Å². The standard InChI is InChI=1S/C18H24ClN3O3/c1-12-9-13(3-4-15(12)19)11-21-7-5-14(6-8-21)22-16(17(23)25-2)10-20-18(22)24/h3-4,9,14,16H,5-8,10-11H2,1-2H3,(H,20,24). The van der Waals surface area contributed by atoms with E-state index in [2.05, 4.69) is 22.3 Å². The second-order valence-electron chi connectivity index (χ2n) is 6.72. The maximum atomic E-state index is 12.1. The largest absolute Gasteiger partial charge is 0.467 e. The number of urea groups is 1. The summed E-state index contributed by atoms with van der Waals surface area (Å²) >= 11 is 6.09. The number of esters is 1. The van der Waals surface area contributed by atoms with Crippen molar-refractivity contribution in [2.45, 2.75) is 38.4 Å². The third kappa shape index (κ3) is 3.90. The second kappa shape index (κ2) is 7.62. The lowest BCUT2D eigenvalue weighted by Gasteiger charge is -2.37. The van der Waals surface area contributed by atoms with Gasteiger partial charge in [0, 0.05) is 30.7 Å². The molecule has 136 valence electrons. The number of carbonyl (C=O) groups excluding carboxylic acids is 2. The molecule has 1 atom stereocenters. The maximum absolute atomic E-state index is 12.1. The van der Waals surface area contributed by atoms with E-state index < -0.39 is 6.04 Å². The number of nitrogens with one attached hydrogen (secondary N) is 1. The minimum atomic E-state index is -0.507. The Bertz CT molecular complexity index is 659. The van der Waals surface area contributed by atoms with Gasteiger partial charge in [-0.05, 0) is 37.0 Å². The number of hydrogen-bond donors (Lipinski definition) is 1. The molecule has 2 heterocycles. The van der Waals surface area contributed by atoms with Gasteiger partial charge in [-0.3, -0.25) is 4.90 Å². The van der Waals surface area contributed by atoms with E-state index in [1.807, 2.05) is 13.0 Å². The van der Waals surface area contributed by atoms with Gasteiger partial charge in [0.1, 0.15) is 6.04 Å². The molecule has 2 amide bonds. The predicted octanol–water partition coefficient (Wildman–Crippen LogP) is 2.18. The lowest BCUT2D eigenvalue weighted by atomic mass is 10.0. The summed E-state index contributed by atoms with van der Waals surface area (Å²) in [7, 11) is 1.36. The average molecular weight is 366 g/mol. The minimum Gasteiger partial charge on any atom is -0.467 e. The van der Waals surface area contributed by atoms with Crippen LogP contribution in [0.3, 0.4) is 0 Å². The Morgan fingerprint density at radius 2 is 2.08 bits per heavy atom. The minimum absolute atomic E-state index is 0.0785. The molecule has 3 rings (SSSR count). The van der Waals surface area contributed by atoms with E-state index >= 15 is 0 Å². The summed E-state index contributed by atoms with van der Waals surface area (Å²) in [5.74, 6) is -0.350. The summed E-state index contributed by atoms with van der Waals surface area (Å²) in [5.41, 5.74) is 2.33. The van der Waals surface area contributed by atoms with Crippen molar-refractivity contribution in [3.63, 3.8) is 0 Å². The number of likely N-dealkylation sites (tertiary alicyclic amines) is 1. The first-order chi connectivity index (χ1) is 12.0. The normalized spacial score (nSPS) is 22.1. The number of carbonyl (C=O) groups is 2. The zero-order valence-electron chi connectivity index (χ0n) is 14.6. The molecule has 2 aliphatic heterocycles. The zero-order valence-corrected chi connectivity index (χ0v) is 15.4. The first-order valence-electron chi connectivity index (χ1n) is 8.61. The Balaban J connectivity index is 1.58. The summed E-state index contributed by atoms with van der Waals surface area (Å²) < 4.78 is 4.83. The first kappa shape index (κ1) is 18.0. The number of amides is 2. The maximum Gasteiger partial charge on any atom is 0.330 e. The molecule has 1 aromatic carbocycles. The number of nitrogens with zero attached hydrogens (tertiary/aromatic N) is 2. The quantitative estimate of drug-likeness (QED) is 0.831. The molecule has 2 saturated heterocycles. The summed E-state index contributed by atoms with van der Waals surface area (Å²) in [4.78, 5) is 28.1. The Morgan fingerprint density at radius 3 is 2.72 bits per heavy atom. The molecule has 1 unspecified atom stereocenters. The molecule has 7 heteroatoms. The topological polar surface area (TPSA) is 61.9 Å². The van der Waals surface area contributed by atoms with Gasteiger partial charge in [-0.15, -0.1) is 0 Å². The Hall–Kier alpha value is -1.79. The van der Waals surface area contributed by atoms with Crippen LogP contribution in [0.15, 0.2) is 18.2 Å². The van der Waals surface area contributed by atoms with E-state index in [1.165, 1.54) is 12.7 Å². The van der Waals surface area contributed by atoms with Gasteiger partial charge < -0.3 is 15.0 Å². The molecule has 25 heavy (non-hydrogen) atoms. The van der Waals surface area contributed by atoms with Crippen LogP contribution in [-0.4, -0.2) is 60.6 Å². The van der Waals surface area contributed by atoms with E-state index in [0.717, 1.165) is 43.1 Å². The fourth-order valence-corrected chi connectivity index (χ4v) is 3.80. The number of aryl methyl sites for hydroxylation is 1. The molecular formula is C18H24ClN3O3. The Kier molecular flexibility index (Phi) is 5.49. The van der Waals surface area contributed by atoms with Gasteiger partial charge in [-0.1, -0.05) is 23.7 Å². The number of hydrogen-bond acceptors (Lipinski definition) is 4. The highest BCUT2D eigenvalue weighted by Gasteiger charge is 2.41. The third-order valence-corrected chi connectivity index (χ3v) is 5.49. The van der Waals surface area contributed by atoms with Crippen molar-refractivity contribution in [3.05, 3.63) is 34.3 Å². The van der Waals surface area contributed by atoms with Gasteiger partial charge in [0.25, 0.3) is 0 Å². The van der Waals surface area contributed by atoms with Crippen molar-refractivity contribution in [1.29, 1.82) is 0 Å². The molecular weight excluding hydrogens is 342 g/mol. The van der Waals surface area contributed by atoms with E-state index in [0.29, 0.717) is 6.54 Å². The van der Waals surface area contributed by atoms with Crippen molar-refractivity contribution in [3.8, 4) is 0 Å². The smallest absolute Gasteiger partial charge is 0.330 e. The second-order valence-corrected chi connectivity index (χ2v) is 7.13. The molecule has 6 nitrogen and oxygen atoms in total. The summed E-state index contributed by atoms with van der Waals surface area (Å²) in [6.45, 7) is 5.00. The van der Waals surface area contributed by atoms with Gasteiger partial charge in [0.15, 0.2) is 0 Å². The van der Waals surface area contributed by atoms with Gasteiger partial charge in [-0.2, -0.15) is 0 Å². The predicted molar refractivity (Wildman–Crippen MR) is 95.5 cm³/mol. The highest BCUT2D eigenvalue weighted by Crippen LogP contribution is 2.24. The van der Waals surface area contributed by atoms with Crippen LogP contribution in [0, 0.1) is 6.92 Å². The number of piperidine rings is 1. The van der Waals surface area contributed by atoms with Gasteiger partial charge in [0.05, 0.1) is 13.7 Å². The van der Waals surface area contributed by atoms with E-state index in [4.69, 9.17) is 16.3 Å². The van der Waals surface area contributed by atoms with Crippen LogP contribution < -0.4 is 5.32 Å². The summed E-state index contributed by atoms with van der Waals surface area (Å²) in [6.07, 6.45) is 1.71. The SMILES string of the molecule is COC(=O)C1CNC(=O)N1C1CCN(Cc2ccc(Cl)c(C)c2)CC1. The summed E-state index contributed by atoms with van der Waals surface area (Å²) in [6, 6.07) is 5.53. The molecule has 0 spiro atoms. The van der Waals surface area contributed by atoms with Crippen LogP contribution in [0.1, 0.15) is 24.0 Å². The van der Waals surface area contributed by atoms with Gasteiger partial charge >= 0.3 is 12.0 Å². The van der Waals surface area contributed by atoms with Crippen LogP contribution in [0.4, 0.5) is 4.79 Å². The number of halogens is 1. The van der Waals surface area contributed by atoms with Crippen LogP contribution in [0.5, 0.6) is 0 Å². The fraction of sp³-hybridized carbons (Fsp3) is 0.556. The van der Waals surface area contributed by atoms with Crippen molar-refractivity contribution in [2.24, 2.45) is 0 Å². The molecule has 0 aliphatic carbocycles. The van der Waals surface area contributed by atoms with E-state index in [1.54, 1.807) is 4.90 Å². The fourth-order valence-electron chi connectivity index (χ4n) is 3.69. The van der Waals surface area contributed by atoms with E-state index in [9.17, 15) is 9.59 Å². The number of rotatable bonds is 4. The van der Waals surface area contributed by atoms with Crippen LogP contribution >= 0.6 is 11.6 Å². The molecule has 1 N–H and O–H groups in total. The van der Waals surface area contributed by atoms with Crippen LogP contribution in [0.25, 0.3) is 0 Å². The monoisotopic (exact) mass is 365 g/mol. The molecule has 2 fully saturated rings. The van der Waals surface area contributed by atoms with Crippen LogP contribution in [0.2, 0.25) is 5.02 Å². The average Bonchev–Trinajstić information content (AvgIpc) is 3.00. The van der Waals surface area contributed by atoms with Crippen molar-refractivity contribution < 1.29 is 14.3 Å². The molecule has 0 aromatic heterocycles. The van der Waals surface area contributed by atoms with Crippen molar-refractivity contribution in [1.82, 2.24) is 15.1 Å². The first-order valence-corrected chi connectivity index (χ1v) is 8.98. The number of benzene rings is 1. The third-order valence-electron chi connectivity index (χ3n) is 5.07. The molecule has 1 aromatic rings.